The van der Waals surface area contributed by atoms with E-state index in [1.165, 1.54) is 24.8 Å². The number of nitrogens with zero attached hydrogens (tertiary/aromatic N) is 3. The Kier molecular flexibility index (Phi) is 4.22. The predicted molar refractivity (Wildman–Crippen MR) is 97.5 cm³/mol. The van der Waals surface area contributed by atoms with Crippen molar-refractivity contribution in [3.63, 3.8) is 0 Å². The van der Waals surface area contributed by atoms with E-state index in [-0.39, 0.29) is 11.9 Å². The van der Waals surface area contributed by atoms with E-state index < -0.39 is 0 Å². The fraction of sp³-hybridized carbons (Fsp3) is 0.350. The predicted octanol–water partition coefficient (Wildman–Crippen LogP) is 3.77. The third-order valence-corrected chi connectivity index (χ3v) is 4.90. The van der Waals surface area contributed by atoms with E-state index in [0.29, 0.717) is 11.2 Å². The van der Waals surface area contributed by atoms with Gasteiger partial charge in [0, 0.05) is 17.8 Å². The van der Waals surface area contributed by atoms with E-state index in [1.54, 1.807) is 16.9 Å². The smallest absolute Gasteiger partial charge is 0.256 e. The molecule has 0 atom stereocenters. The molecule has 0 spiro atoms. The number of amides is 1. The van der Waals surface area contributed by atoms with Gasteiger partial charge in [-0.25, -0.2) is 9.50 Å². The lowest BCUT2D eigenvalue weighted by molar-refractivity contribution is 0.0929. The van der Waals surface area contributed by atoms with Gasteiger partial charge in [-0.15, -0.1) is 0 Å². The second-order valence-electron chi connectivity index (χ2n) is 6.80. The van der Waals surface area contributed by atoms with Gasteiger partial charge in [0.15, 0.2) is 5.65 Å². The molecule has 0 saturated heterocycles. The molecule has 3 aromatic rings. The molecule has 2 aromatic heterocycles. The molecule has 0 bridgehead atoms. The minimum atomic E-state index is -0.0733. The van der Waals surface area contributed by atoms with Crippen LogP contribution < -0.4 is 5.32 Å². The van der Waals surface area contributed by atoms with Gasteiger partial charge in [0.05, 0.1) is 11.9 Å². The highest BCUT2D eigenvalue weighted by atomic mass is 16.1. The molecule has 1 aliphatic rings. The summed E-state index contributed by atoms with van der Waals surface area (Å²) in [5.41, 5.74) is 4.33. The Bertz CT molecular complexity index is 909. The molecule has 0 unspecified atom stereocenters. The summed E-state index contributed by atoms with van der Waals surface area (Å²) in [6.45, 7) is 2.06. The third-order valence-electron chi connectivity index (χ3n) is 4.90. The van der Waals surface area contributed by atoms with Gasteiger partial charge in [-0.05, 0) is 31.9 Å². The maximum absolute atomic E-state index is 12.7. The Labute approximate surface area is 147 Å². The molecule has 128 valence electrons. The lowest BCUT2D eigenvalue weighted by Crippen LogP contribution is -2.36. The number of nitrogens with one attached hydrogen (secondary N) is 1. The second-order valence-corrected chi connectivity index (χ2v) is 6.80. The van der Waals surface area contributed by atoms with E-state index in [4.69, 9.17) is 0 Å². The van der Waals surface area contributed by atoms with Crippen LogP contribution in [0.5, 0.6) is 0 Å². The van der Waals surface area contributed by atoms with Crippen molar-refractivity contribution in [3.8, 4) is 11.3 Å². The van der Waals surface area contributed by atoms with Gasteiger partial charge in [0.1, 0.15) is 5.56 Å². The number of carbonyl (C=O) groups is 1. The summed E-state index contributed by atoms with van der Waals surface area (Å²) in [4.78, 5) is 17.1. The fourth-order valence-electron chi connectivity index (χ4n) is 3.58. The first-order valence-corrected chi connectivity index (χ1v) is 8.93. The second kappa shape index (κ2) is 6.67. The molecule has 1 saturated carbocycles. The van der Waals surface area contributed by atoms with Crippen LogP contribution in [0.1, 0.15) is 48.0 Å². The first-order chi connectivity index (χ1) is 12.2. The van der Waals surface area contributed by atoms with Gasteiger partial charge >= 0.3 is 0 Å². The molecular weight excluding hydrogens is 312 g/mol. The van der Waals surface area contributed by atoms with Gasteiger partial charge in [0.25, 0.3) is 5.91 Å². The number of aromatic nitrogens is 3. The Morgan fingerprint density at radius 3 is 2.84 bits per heavy atom. The molecule has 1 fully saturated rings. The topological polar surface area (TPSA) is 59.3 Å². The SMILES string of the molecule is Cc1cccc(-c2ccnc3c(C(=O)NC4CCCCC4)cnn23)c1. The number of hydrogen-bond donors (Lipinski definition) is 1. The molecule has 1 N–H and O–H groups in total. The van der Waals surface area contributed by atoms with E-state index in [0.717, 1.165) is 24.1 Å². The molecule has 4 rings (SSSR count). The van der Waals surface area contributed by atoms with Crippen LogP contribution in [-0.2, 0) is 0 Å². The van der Waals surface area contributed by atoms with Crippen molar-refractivity contribution in [1.29, 1.82) is 0 Å². The lowest BCUT2D eigenvalue weighted by atomic mass is 9.95. The molecule has 5 nitrogen and oxygen atoms in total. The minimum absolute atomic E-state index is 0.0733. The van der Waals surface area contributed by atoms with Crippen molar-refractivity contribution in [2.24, 2.45) is 0 Å². The van der Waals surface area contributed by atoms with Gasteiger partial charge in [-0.2, -0.15) is 5.10 Å². The van der Waals surface area contributed by atoms with E-state index in [2.05, 4.69) is 34.5 Å². The summed E-state index contributed by atoms with van der Waals surface area (Å²) in [7, 11) is 0. The summed E-state index contributed by atoms with van der Waals surface area (Å²) in [5.74, 6) is -0.0733. The highest BCUT2D eigenvalue weighted by Crippen LogP contribution is 2.22. The average molecular weight is 334 g/mol. The zero-order valence-corrected chi connectivity index (χ0v) is 14.4. The first-order valence-electron chi connectivity index (χ1n) is 8.93. The fourth-order valence-corrected chi connectivity index (χ4v) is 3.58. The Balaban J connectivity index is 1.68. The summed E-state index contributed by atoms with van der Waals surface area (Å²) in [6.07, 6.45) is 9.14. The lowest BCUT2D eigenvalue weighted by Gasteiger charge is -2.22. The molecule has 2 heterocycles. The number of aryl methyl sites for hydroxylation is 1. The van der Waals surface area contributed by atoms with E-state index in [9.17, 15) is 4.79 Å². The quantitative estimate of drug-likeness (QED) is 0.793. The molecule has 1 amide bonds. The summed E-state index contributed by atoms with van der Waals surface area (Å²) < 4.78 is 1.75. The zero-order chi connectivity index (χ0) is 17.2. The summed E-state index contributed by atoms with van der Waals surface area (Å²) in [5, 5.41) is 7.58. The van der Waals surface area contributed by atoms with E-state index >= 15 is 0 Å². The Morgan fingerprint density at radius 2 is 2.04 bits per heavy atom. The van der Waals surface area contributed by atoms with Crippen LogP contribution in [-0.4, -0.2) is 26.5 Å². The van der Waals surface area contributed by atoms with Crippen LogP contribution in [0.15, 0.2) is 42.7 Å². The van der Waals surface area contributed by atoms with Crippen LogP contribution in [0.4, 0.5) is 0 Å². The van der Waals surface area contributed by atoms with Crippen molar-refractivity contribution >= 4 is 11.6 Å². The standard InChI is InChI=1S/C20H22N4O/c1-14-6-5-7-15(12-14)18-10-11-21-19-17(13-22-24(18)19)20(25)23-16-8-3-2-4-9-16/h5-7,10-13,16H,2-4,8-9H2,1H3,(H,23,25). The van der Waals surface area contributed by atoms with Crippen molar-refractivity contribution in [2.45, 2.75) is 45.1 Å². The van der Waals surface area contributed by atoms with Gasteiger partial charge in [-0.3, -0.25) is 4.79 Å². The first kappa shape index (κ1) is 15.8. The molecule has 25 heavy (non-hydrogen) atoms. The van der Waals surface area contributed by atoms with Crippen LogP contribution in [0.2, 0.25) is 0 Å². The maximum Gasteiger partial charge on any atom is 0.256 e. The summed E-state index contributed by atoms with van der Waals surface area (Å²) >= 11 is 0. The average Bonchev–Trinajstić information content (AvgIpc) is 3.07. The van der Waals surface area contributed by atoms with Crippen LogP contribution in [0.25, 0.3) is 16.9 Å². The van der Waals surface area contributed by atoms with Crippen LogP contribution >= 0.6 is 0 Å². The van der Waals surface area contributed by atoms with Crippen LogP contribution in [0.3, 0.4) is 0 Å². The van der Waals surface area contributed by atoms with Gasteiger partial charge < -0.3 is 5.32 Å². The number of rotatable bonds is 3. The van der Waals surface area contributed by atoms with Crippen molar-refractivity contribution in [3.05, 3.63) is 53.9 Å². The van der Waals surface area contributed by atoms with Gasteiger partial charge in [-0.1, -0.05) is 43.0 Å². The van der Waals surface area contributed by atoms with Crippen LogP contribution in [0, 0.1) is 6.92 Å². The molecule has 0 radical (unpaired) electrons. The molecule has 5 heteroatoms. The minimum Gasteiger partial charge on any atom is -0.349 e. The monoisotopic (exact) mass is 334 g/mol. The molecule has 0 aliphatic heterocycles. The van der Waals surface area contributed by atoms with Crippen molar-refractivity contribution < 1.29 is 4.79 Å². The number of hydrogen-bond acceptors (Lipinski definition) is 3. The number of benzene rings is 1. The maximum atomic E-state index is 12.7. The summed E-state index contributed by atoms with van der Waals surface area (Å²) in [6, 6.07) is 10.4. The molecule has 1 aliphatic carbocycles. The third kappa shape index (κ3) is 3.14. The van der Waals surface area contributed by atoms with Gasteiger partial charge in [0.2, 0.25) is 0 Å². The number of carbonyl (C=O) groups excluding carboxylic acids is 1. The van der Waals surface area contributed by atoms with Crippen molar-refractivity contribution in [1.82, 2.24) is 19.9 Å². The highest BCUT2D eigenvalue weighted by molar-refractivity contribution is 6.00. The number of fused-ring (bicyclic) bond motifs is 1. The van der Waals surface area contributed by atoms with Crippen molar-refractivity contribution in [2.75, 3.05) is 0 Å². The highest BCUT2D eigenvalue weighted by Gasteiger charge is 2.20. The van der Waals surface area contributed by atoms with E-state index in [1.807, 2.05) is 18.2 Å². The normalized spacial score (nSPS) is 15.4. The molecular formula is C20H22N4O. The Hall–Kier alpha value is -2.69. The molecule has 1 aromatic carbocycles. The zero-order valence-electron chi connectivity index (χ0n) is 14.4. The Morgan fingerprint density at radius 1 is 1.20 bits per heavy atom. The largest absolute Gasteiger partial charge is 0.349 e.